The fourth-order valence-corrected chi connectivity index (χ4v) is 3.74. The van der Waals surface area contributed by atoms with Crippen molar-refractivity contribution in [2.24, 2.45) is 11.8 Å². The number of carbonyl (C=O) groups is 3. The van der Waals surface area contributed by atoms with Gasteiger partial charge in [0.1, 0.15) is 0 Å². The normalized spacial score (nSPS) is 18.3. The van der Waals surface area contributed by atoms with Gasteiger partial charge in [0, 0.05) is 37.6 Å². The molecule has 0 aromatic heterocycles. The Kier molecular flexibility index (Phi) is 6.21. The van der Waals surface area contributed by atoms with Crippen LogP contribution in [0.25, 0.3) is 0 Å². The van der Waals surface area contributed by atoms with Gasteiger partial charge in [-0.2, -0.15) is 0 Å². The first-order valence-corrected chi connectivity index (χ1v) is 9.85. The smallest absolute Gasteiger partial charge is 0.231 e. The van der Waals surface area contributed by atoms with Crippen molar-refractivity contribution >= 4 is 23.3 Å². The quantitative estimate of drug-likeness (QED) is 0.756. The fourth-order valence-electron chi connectivity index (χ4n) is 3.74. The molecule has 2 heterocycles. The third kappa shape index (κ3) is 4.82. The topological polar surface area (TPSA) is 84.9 Å². The molecule has 1 N–H and O–H groups in total. The van der Waals surface area contributed by atoms with Crippen molar-refractivity contribution in [2.45, 2.75) is 46.5 Å². The number of benzene rings is 1. The first kappa shape index (κ1) is 20.2. The second-order valence-corrected chi connectivity index (χ2v) is 8.01. The lowest BCUT2D eigenvalue weighted by Gasteiger charge is -2.33. The lowest BCUT2D eigenvalue weighted by molar-refractivity contribution is -0.134. The number of ether oxygens (including phenoxy) is 2. The minimum absolute atomic E-state index is 0.104. The summed E-state index contributed by atoms with van der Waals surface area (Å²) in [5, 5.41) is 2.85. The number of nitrogens with zero attached hydrogens (tertiary/aromatic N) is 1. The van der Waals surface area contributed by atoms with Crippen LogP contribution in [0.4, 0.5) is 5.69 Å². The second-order valence-electron chi connectivity index (χ2n) is 8.01. The zero-order valence-corrected chi connectivity index (χ0v) is 16.7. The van der Waals surface area contributed by atoms with Crippen LogP contribution in [-0.2, 0) is 9.59 Å². The molecule has 152 valence electrons. The van der Waals surface area contributed by atoms with Crippen molar-refractivity contribution in [1.82, 2.24) is 4.90 Å². The summed E-state index contributed by atoms with van der Waals surface area (Å²) in [4.78, 5) is 38.8. The van der Waals surface area contributed by atoms with Gasteiger partial charge in [-0.25, -0.2) is 0 Å². The molecular weight excluding hydrogens is 360 g/mol. The van der Waals surface area contributed by atoms with E-state index in [4.69, 9.17) is 9.47 Å². The van der Waals surface area contributed by atoms with Crippen LogP contribution < -0.4 is 14.8 Å². The standard InChI is InChI=1S/C21H28N2O5/c1-13(2)7-21(26)23-6-4-5-15(11-23)8-20(25)22-17-10-19-18(27-12-28-19)9-16(17)14(3)24/h9-10,13,15H,4-8,11-12H2,1-3H3,(H,22,25). The van der Waals surface area contributed by atoms with Crippen LogP contribution >= 0.6 is 0 Å². The molecule has 7 heteroatoms. The molecule has 1 aromatic rings. The minimum atomic E-state index is -0.162. The highest BCUT2D eigenvalue weighted by Gasteiger charge is 2.26. The highest BCUT2D eigenvalue weighted by Crippen LogP contribution is 2.37. The summed E-state index contributed by atoms with van der Waals surface area (Å²) in [6.45, 7) is 6.99. The Balaban J connectivity index is 1.63. The lowest BCUT2D eigenvalue weighted by atomic mass is 9.93. The van der Waals surface area contributed by atoms with Crippen molar-refractivity contribution in [1.29, 1.82) is 0 Å². The van der Waals surface area contributed by atoms with Crippen LogP contribution in [0.3, 0.4) is 0 Å². The van der Waals surface area contributed by atoms with E-state index in [1.807, 2.05) is 18.7 Å². The van der Waals surface area contributed by atoms with E-state index in [1.165, 1.54) is 6.92 Å². The number of ketones is 1. The zero-order valence-electron chi connectivity index (χ0n) is 16.7. The predicted molar refractivity (Wildman–Crippen MR) is 105 cm³/mol. The van der Waals surface area contributed by atoms with Gasteiger partial charge in [0.15, 0.2) is 17.3 Å². The molecule has 0 aliphatic carbocycles. The molecular formula is C21H28N2O5. The first-order chi connectivity index (χ1) is 13.3. The number of hydrogen-bond acceptors (Lipinski definition) is 5. The molecule has 3 rings (SSSR count). The van der Waals surface area contributed by atoms with Gasteiger partial charge >= 0.3 is 0 Å². The van der Waals surface area contributed by atoms with E-state index in [-0.39, 0.29) is 30.3 Å². The number of likely N-dealkylation sites (tertiary alicyclic amines) is 1. The fraction of sp³-hybridized carbons (Fsp3) is 0.571. The SMILES string of the molecule is CC(=O)c1cc2c(cc1NC(=O)CC1CCCN(C(=O)CC(C)C)C1)OCO2. The van der Waals surface area contributed by atoms with Gasteiger partial charge in [-0.15, -0.1) is 0 Å². The van der Waals surface area contributed by atoms with E-state index in [2.05, 4.69) is 5.32 Å². The number of rotatable bonds is 6. The number of nitrogens with one attached hydrogen (secondary N) is 1. The van der Waals surface area contributed by atoms with Crippen LogP contribution in [0.2, 0.25) is 0 Å². The molecule has 1 fully saturated rings. The molecule has 1 saturated heterocycles. The molecule has 2 aliphatic heterocycles. The van der Waals surface area contributed by atoms with E-state index in [9.17, 15) is 14.4 Å². The highest BCUT2D eigenvalue weighted by molar-refractivity contribution is 6.04. The van der Waals surface area contributed by atoms with Crippen molar-refractivity contribution < 1.29 is 23.9 Å². The van der Waals surface area contributed by atoms with Gasteiger partial charge in [0.05, 0.1) is 5.69 Å². The molecule has 1 atom stereocenters. The summed E-state index contributed by atoms with van der Waals surface area (Å²) < 4.78 is 10.7. The van der Waals surface area contributed by atoms with Crippen LogP contribution in [0, 0.1) is 11.8 Å². The number of amides is 2. The summed E-state index contributed by atoms with van der Waals surface area (Å²) in [6, 6.07) is 3.24. The van der Waals surface area contributed by atoms with Crippen LogP contribution in [-0.4, -0.2) is 42.4 Å². The maximum Gasteiger partial charge on any atom is 0.231 e. The average molecular weight is 388 g/mol. The monoisotopic (exact) mass is 388 g/mol. The third-order valence-electron chi connectivity index (χ3n) is 5.09. The van der Waals surface area contributed by atoms with Crippen LogP contribution in [0.5, 0.6) is 11.5 Å². The minimum Gasteiger partial charge on any atom is -0.454 e. The van der Waals surface area contributed by atoms with Crippen molar-refractivity contribution in [3.05, 3.63) is 17.7 Å². The van der Waals surface area contributed by atoms with E-state index in [0.29, 0.717) is 48.1 Å². The average Bonchev–Trinajstić information content (AvgIpc) is 3.07. The van der Waals surface area contributed by atoms with Crippen LogP contribution in [0.1, 0.15) is 56.8 Å². The lowest BCUT2D eigenvalue weighted by Crippen LogP contribution is -2.41. The van der Waals surface area contributed by atoms with Gasteiger partial charge in [-0.1, -0.05) is 13.8 Å². The Morgan fingerprint density at radius 3 is 2.61 bits per heavy atom. The number of fused-ring (bicyclic) bond motifs is 1. The Hall–Kier alpha value is -2.57. The van der Waals surface area contributed by atoms with Gasteiger partial charge < -0.3 is 19.7 Å². The van der Waals surface area contributed by atoms with Gasteiger partial charge in [0.25, 0.3) is 0 Å². The van der Waals surface area contributed by atoms with E-state index >= 15 is 0 Å². The molecule has 28 heavy (non-hydrogen) atoms. The predicted octanol–water partition coefficient (Wildman–Crippen LogP) is 3.23. The van der Waals surface area contributed by atoms with Crippen molar-refractivity contribution in [3.8, 4) is 11.5 Å². The molecule has 0 bridgehead atoms. The Bertz CT molecular complexity index is 774. The summed E-state index contributed by atoms with van der Waals surface area (Å²) >= 11 is 0. The van der Waals surface area contributed by atoms with E-state index in [1.54, 1.807) is 12.1 Å². The van der Waals surface area contributed by atoms with Crippen LogP contribution in [0.15, 0.2) is 12.1 Å². The maximum absolute atomic E-state index is 12.6. The van der Waals surface area contributed by atoms with Crippen molar-refractivity contribution in [2.75, 3.05) is 25.2 Å². The maximum atomic E-state index is 12.6. The number of anilines is 1. The summed E-state index contributed by atoms with van der Waals surface area (Å²) in [5.41, 5.74) is 0.834. The largest absolute Gasteiger partial charge is 0.454 e. The first-order valence-electron chi connectivity index (χ1n) is 9.85. The molecule has 0 saturated carbocycles. The van der Waals surface area contributed by atoms with Crippen molar-refractivity contribution in [3.63, 3.8) is 0 Å². The Morgan fingerprint density at radius 1 is 1.21 bits per heavy atom. The molecule has 0 radical (unpaired) electrons. The second kappa shape index (κ2) is 8.63. The number of carbonyl (C=O) groups excluding carboxylic acids is 3. The highest BCUT2D eigenvalue weighted by atomic mass is 16.7. The number of hydrogen-bond donors (Lipinski definition) is 1. The van der Waals surface area contributed by atoms with E-state index in [0.717, 1.165) is 19.4 Å². The molecule has 1 aromatic carbocycles. The number of piperidine rings is 1. The molecule has 2 aliphatic rings. The molecule has 2 amide bonds. The Labute approximate surface area is 165 Å². The zero-order chi connectivity index (χ0) is 20.3. The summed E-state index contributed by atoms with van der Waals surface area (Å²) in [6.07, 6.45) is 2.68. The van der Waals surface area contributed by atoms with E-state index < -0.39 is 0 Å². The molecule has 1 unspecified atom stereocenters. The third-order valence-corrected chi connectivity index (χ3v) is 5.09. The summed E-state index contributed by atoms with van der Waals surface area (Å²) in [5.74, 6) is 1.32. The van der Waals surface area contributed by atoms with Gasteiger partial charge in [-0.05, 0) is 37.7 Å². The van der Waals surface area contributed by atoms with Gasteiger partial charge in [-0.3, -0.25) is 14.4 Å². The van der Waals surface area contributed by atoms with Gasteiger partial charge in [0.2, 0.25) is 18.6 Å². The Morgan fingerprint density at radius 2 is 1.93 bits per heavy atom. The molecule has 0 spiro atoms. The summed E-state index contributed by atoms with van der Waals surface area (Å²) in [7, 11) is 0. The molecule has 7 nitrogen and oxygen atoms in total. The number of Topliss-reactive ketones (excluding diaryl/α,β-unsaturated/α-hetero) is 1.